The van der Waals surface area contributed by atoms with Crippen LogP contribution in [0.3, 0.4) is 0 Å². The van der Waals surface area contributed by atoms with Crippen molar-refractivity contribution >= 4 is 27.3 Å². The number of benzene rings is 1. The molecule has 1 N–H and O–H groups in total. The summed E-state index contributed by atoms with van der Waals surface area (Å²) in [5.74, 6) is 0.246. The van der Waals surface area contributed by atoms with Gasteiger partial charge in [0.15, 0.2) is 0 Å². The maximum Gasteiger partial charge on any atom is 0.286 e. The quantitative estimate of drug-likeness (QED) is 0.572. The number of hydrogen-bond acceptors (Lipinski definition) is 7. The third-order valence-electron chi connectivity index (χ3n) is 4.40. The van der Waals surface area contributed by atoms with Crippen molar-refractivity contribution in [1.29, 1.82) is 0 Å². The van der Waals surface area contributed by atoms with E-state index < -0.39 is 33.2 Å². The van der Waals surface area contributed by atoms with E-state index in [1.165, 1.54) is 18.2 Å². The van der Waals surface area contributed by atoms with Gasteiger partial charge < -0.3 is 9.84 Å². The fraction of sp³-hybridized carbons (Fsp3) is 0.312. The number of nitrogens with zero attached hydrogens (tertiary/aromatic N) is 3. The molecule has 27 heavy (non-hydrogen) atoms. The molecule has 0 saturated heterocycles. The summed E-state index contributed by atoms with van der Waals surface area (Å²) in [6.07, 6.45) is -0.302. The molecule has 0 fully saturated rings. The van der Waals surface area contributed by atoms with Crippen molar-refractivity contribution in [3.05, 3.63) is 71.1 Å². The van der Waals surface area contributed by atoms with E-state index in [1.807, 2.05) is 0 Å². The molecule has 0 saturated carbocycles. The van der Waals surface area contributed by atoms with Crippen LogP contribution in [0.25, 0.3) is 0 Å². The first-order chi connectivity index (χ1) is 12.5. The summed E-state index contributed by atoms with van der Waals surface area (Å²) < 4.78 is 6.66. The molecule has 2 unspecified atom stereocenters. The number of nitro benzene ring substituents is 1. The molecular formula is C16H14BrN3O7. The van der Waals surface area contributed by atoms with Crippen molar-refractivity contribution in [2.75, 3.05) is 0 Å². The van der Waals surface area contributed by atoms with Gasteiger partial charge in [0.1, 0.15) is 17.5 Å². The molecule has 1 aliphatic heterocycles. The van der Waals surface area contributed by atoms with Crippen LogP contribution >= 0.6 is 15.9 Å². The average molecular weight is 440 g/mol. The molecule has 3 rings (SSSR count). The highest BCUT2D eigenvalue weighted by atomic mass is 79.9. The summed E-state index contributed by atoms with van der Waals surface area (Å²) in [6.45, 7) is 3.18. The van der Waals surface area contributed by atoms with E-state index in [1.54, 1.807) is 13.8 Å². The molecule has 11 heteroatoms. The molecule has 0 bridgehead atoms. The number of ether oxygens (including phenoxy) is 1. The minimum absolute atomic E-state index is 0.0693. The molecule has 0 amide bonds. The van der Waals surface area contributed by atoms with Crippen molar-refractivity contribution in [2.24, 2.45) is 0 Å². The molecule has 2 heterocycles. The minimum atomic E-state index is -1.31. The molecule has 0 aliphatic carbocycles. The Morgan fingerprint density at radius 2 is 1.81 bits per heavy atom. The van der Waals surface area contributed by atoms with Crippen molar-refractivity contribution in [3.8, 4) is 5.75 Å². The van der Waals surface area contributed by atoms with Gasteiger partial charge in [-0.2, -0.15) is 0 Å². The predicted octanol–water partition coefficient (Wildman–Crippen LogP) is 2.55. The Morgan fingerprint density at radius 1 is 1.19 bits per heavy atom. The summed E-state index contributed by atoms with van der Waals surface area (Å²) >= 11 is 3.00. The van der Waals surface area contributed by atoms with E-state index in [0.717, 1.165) is 16.8 Å². The summed E-state index contributed by atoms with van der Waals surface area (Å²) in [7, 11) is 0. The maximum atomic E-state index is 12.6. The number of nitro groups is 2. The van der Waals surface area contributed by atoms with Crippen LogP contribution < -0.4 is 10.3 Å². The van der Waals surface area contributed by atoms with Crippen LogP contribution in [-0.2, 0) is 0 Å². The second-order valence-corrected chi connectivity index (χ2v) is 7.44. The molecule has 1 aliphatic rings. The third-order valence-corrected chi connectivity index (χ3v) is 4.97. The number of hydrogen-bond donors (Lipinski definition) is 1. The third kappa shape index (κ3) is 3.19. The van der Waals surface area contributed by atoms with Crippen molar-refractivity contribution in [3.63, 3.8) is 0 Å². The van der Waals surface area contributed by atoms with Gasteiger partial charge in [0, 0.05) is 23.8 Å². The molecule has 1 aromatic heterocycles. The largest absolute Gasteiger partial charge is 0.485 e. The van der Waals surface area contributed by atoms with E-state index in [0.29, 0.717) is 0 Å². The van der Waals surface area contributed by atoms with Crippen molar-refractivity contribution < 1.29 is 19.7 Å². The second-order valence-electron chi connectivity index (χ2n) is 6.59. The standard InChI is InChI=1S/C16H14BrN3O7/c1-16(2)14(21)13(10-5-8(19(23)24)3-4-12(10)27-16)18-7-9(20(25)26)6-11(17)15(18)22/h3-7,13-14,21H,1-2H3. The Hall–Kier alpha value is -2.79. The lowest BCUT2D eigenvalue weighted by Crippen LogP contribution is -2.52. The highest BCUT2D eigenvalue weighted by molar-refractivity contribution is 9.10. The van der Waals surface area contributed by atoms with Gasteiger partial charge >= 0.3 is 0 Å². The molecule has 2 aromatic rings. The summed E-state index contributed by atoms with van der Waals surface area (Å²) in [5.41, 5.74) is -2.22. The van der Waals surface area contributed by atoms with Gasteiger partial charge in [-0.25, -0.2) is 0 Å². The van der Waals surface area contributed by atoms with Crippen LogP contribution in [-0.4, -0.2) is 31.2 Å². The van der Waals surface area contributed by atoms with Gasteiger partial charge in [-0.15, -0.1) is 0 Å². The second kappa shape index (κ2) is 6.43. The Balaban J connectivity index is 2.32. The monoisotopic (exact) mass is 439 g/mol. The summed E-state index contributed by atoms with van der Waals surface area (Å²) in [6, 6.07) is 3.76. The Kier molecular flexibility index (Phi) is 4.52. The number of halogens is 1. The Bertz CT molecular complexity index is 1020. The van der Waals surface area contributed by atoms with E-state index in [-0.39, 0.29) is 27.2 Å². The van der Waals surface area contributed by atoms with E-state index >= 15 is 0 Å². The van der Waals surface area contributed by atoms with Gasteiger partial charge in [0.05, 0.1) is 26.6 Å². The Labute approximate surface area is 160 Å². The Morgan fingerprint density at radius 3 is 2.41 bits per heavy atom. The van der Waals surface area contributed by atoms with Crippen molar-refractivity contribution in [2.45, 2.75) is 31.6 Å². The molecule has 1 aromatic carbocycles. The minimum Gasteiger partial charge on any atom is -0.485 e. The fourth-order valence-corrected chi connectivity index (χ4v) is 3.47. The van der Waals surface area contributed by atoms with Gasteiger partial charge in [-0.3, -0.25) is 29.6 Å². The zero-order valence-corrected chi connectivity index (χ0v) is 15.7. The van der Waals surface area contributed by atoms with Gasteiger partial charge in [0.25, 0.3) is 16.9 Å². The topological polar surface area (TPSA) is 138 Å². The number of aromatic nitrogens is 1. The number of rotatable bonds is 3. The average Bonchev–Trinajstić information content (AvgIpc) is 2.58. The molecule has 2 atom stereocenters. The zero-order valence-electron chi connectivity index (χ0n) is 14.2. The normalized spacial score (nSPS) is 20.4. The number of non-ortho nitro benzene ring substituents is 1. The first-order valence-corrected chi connectivity index (χ1v) is 8.53. The van der Waals surface area contributed by atoms with Crippen LogP contribution in [0.2, 0.25) is 0 Å². The van der Waals surface area contributed by atoms with Crippen LogP contribution in [0.15, 0.2) is 39.7 Å². The molecular weight excluding hydrogens is 426 g/mol. The predicted molar refractivity (Wildman–Crippen MR) is 97.0 cm³/mol. The lowest BCUT2D eigenvalue weighted by Gasteiger charge is -2.42. The smallest absolute Gasteiger partial charge is 0.286 e. The first-order valence-electron chi connectivity index (χ1n) is 7.74. The van der Waals surface area contributed by atoms with Gasteiger partial charge in [-0.1, -0.05) is 0 Å². The zero-order chi connectivity index (χ0) is 20.1. The lowest BCUT2D eigenvalue weighted by molar-refractivity contribution is -0.385. The highest BCUT2D eigenvalue weighted by Gasteiger charge is 2.45. The molecule has 10 nitrogen and oxygen atoms in total. The number of aliphatic hydroxyl groups is 1. The number of pyridine rings is 1. The van der Waals surface area contributed by atoms with Crippen LogP contribution in [0.1, 0.15) is 25.5 Å². The molecule has 0 spiro atoms. The van der Waals surface area contributed by atoms with E-state index in [9.17, 15) is 30.1 Å². The fourth-order valence-electron chi connectivity index (χ4n) is 3.03. The number of fused-ring (bicyclic) bond motifs is 1. The molecule has 142 valence electrons. The maximum absolute atomic E-state index is 12.6. The SMILES string of the molecule is CC1(C)Oc2ccc([N+](=O)[O-])cc2C(n2cc([N+](=O)[O-])cc(Br)c2=O)C1O. The summed E-state index contributed by atoms with van der Waals surface area (Å²) in [4.78, 5) is 33.7. The van der Waals surface area contributed by atoms with Crippen molar-refractivity contribution in [1.82, 2.24) is 4.57 Å². The van der Waals surface area contributed by atoms with Crippen LogP contribution in [0.4, 0.5) is 11.4 Å². The highest BCUT2D eigenvalue weighted by Crippen LogP contribution is 2.43. The van der Waals surface area contributed by atoms with E-state index in [4.69, 9.17) is 4.74 Å². The van der Waals surface area contributed by atoms with Gasteiger partial charge in [0.2, 0.25) is 0 Å². The van der Waals surface area contributed by atoms with E-state index in [2.05, 4.69) is 15.9 Å². The van der Waals surface area contributed by atoms with Crippen LogP contribution in [0, 0.1) is 20.2 Å². The van der Waals surface area contributed by atoms with Crippen LogP contribution in [0.5, 0.6) is 5.75 Å². The van der Waals surface area contributed by atoms with Gasteiger partial charge in [-0.05, 0) is 35.8 Å². The summed E-state index contributed by atoms with van der Waals surface area (Å²) in [5, 5.41) is 33.2. The number of aliphatic hydroxyl groups excluding tert-OH is 1. The lowest BCUT2D eigenvalue weighted by atomic mass is 9.86. The molecule has 0 radical (unpaired) electrons. The first kappa shape index (κ1) is 19.0.